The SMILES string of the molecule is COc1cc(NC(=O)c2cnn(-c3ccc4c5c(cccc35)C(=O)N4)c2C(F)(F)F)cc2c(Cl)cnn12. The summed E-state index contributed by atoms with van der Waals surface area (Å²) >= 11 is 6.13. The fraction of sp³-hybridized carbons (Fsp3) is 0.0833. The maximum absolute atomic E-state index is 14.3. The van der Waals surface area contributed by atoms with Crippen molar-refractivity contribution in [3.05, 3.63) is 76.7 Å². The number of fused-ring (bicyclic) bond motifs is 1. The number of carbonyl (C=O) groups is 2. The van der Waals surface area contributed by atoms with Crippen molar-refractivity contribution < 1.29 is 27.5 Å². The molecule has 0 aliphatic carbocycles. The van der Waals surface area contributed by atoms with Crippen LogP contribution in [0.5, 0.6) is 5.88 Å². The smallest absolute Gasteiger partial charge is 0.434 e. The number of alkyl halides is 3. The molecule has 0 saturated carbocycles. The fourth-order valence-electron chi connectivity index (χ4n) is 4.47. The first kappa shape index (κ1) is 22.9. The summed E-state index contributed by atoms with van der Waals surface area (Å²) in [6, 6.07) is 10.5. The van der Waals surface area contributed by atoms with Crippen LogP contribution in [0.2, 0.25) is 5.02 Å². The molecule has 4 heterocycles. The zero-order valence-corrected chi connectivity index (χ0v) is 19.5. The van der Waals surface area contributed by atoms with Crippen LogP contribution >= 0.6 is 11.6 Å². The molecule has 0 saturated heterocycles. The maximum Gasteiger partial charge on any atom is 0.434 e. The first-order valence-corrected chi connectivity index (χ1v) is 11.1. The van der Waals surface area contributed by atoms with Gasteiger partial charge in [0.1, 0.15) is 0 Å². The number of nitrogens with one attached hydrogen (secondary N) is 2. The summed E-state index contributed by atoms with van der Waals surface area (Å²) in [5.74, 6) is -1.18. The molecule has 0 radical (unpaired) electrons. The Morgan fingerprint density at radius 2 is 1.95 bits per heavy atom. The van der Waals surface area contributed by atoms with Crippen molar-refractivity contribution in [1.82, 2.24) is 19.4 Å². The van der Waals surface area contributed by atoms with E-state index >= 15 is 0 Å². The second-order valence-corrected chi connectivity index (χ2v) is 8.57. The van der Waals surface area contributed by atoms with E-state index in [0.29, 0.717) is 32.2 Å². The van der Waals surface area contributed by atoms with Crippen LogP contribution in [0, 0.1) is 0 Å². The Morgan fingerprint density at radius 3 is 2.70 bits per heavy atom. The molecule has 13 heteroatoms. The summed E-state index contributed by atoms with van der Waals surface area (Å²) in [6.45, 7) is 0. The average Bonchev–Trinajstić information content (AvgIpc) is 3.56. The molecule has 1 aliphatic heterocycles. The monoisotopic (exact) mass is 526 g/mol. The highest BCUT2D eigenvalue weighted by molar-refractivity contribution is 6.33. The van der Waals surface area contributed by atoms with Gasteiger partial charge in [0.25, 0.3) is 11.8 Å². The van der Waals surface area contributed by atoms with E-state index in [-0.39, 0.29) is 28.2 Å². The normalized spacial score (nSPS) is 12.8. The van der Waals surface area contributed by atoms with Crippen LogP contribution < -0.4 is 15.4 Å². The number of carbonyl (C=O) groups excluding carboxylic acids is 2. The fourth-order valence-corrected chi connectivity index (χ4v) is 4.65. The second-order valence-electron chi connectivity index (χ2n) is 8.16. The topological polar surface area (TPSA) is 103 Å². The van der Waals surface area contributed by atoms with Crippen molar-refractivity contribution in [3.8, 4) is 11.6 Å². The van der Waals surface area contributed by atoms with E-state index in [9.17, 15) is 22.8 Å². The number of aromatic nitrogens is 4. The lowest BCUT2D eigenvalue weighted by molar-refractivity contribution is -0.143. The van der Waals surface area contributed by atoms with Gasteiger partial charge in [-0.25, -0.2) is 4.68 Å². The highest BCUT2D eigenvalue weighted by atomic mass is 35.5. The lowest BCUT2D eigenvalue weighted by atomic mass is 10.0. The minimum absolute atomic E-state index is 0.0672. The Labute approximate surface area is 210 Å². The molecule has 5 aromatic rings. The second kappa shape index (κ2) is 7.96. The molecule has 0 spiro atoms. The number of rotatable bonds is 4. The van der Waals surface area contributed by atoms with Gasteiger partial charge in [0, 0.05) is 33.8 Å². The van der Waals surface area contributed by atoms with Gasteiger partial charge in [-0.05, 0) is 24.3 Å². The molecule has 0 fully saturated rings. The Kier molecular flexibility index (Phi) is 4.92. The first-order chi connectivity index (χ1) is 17.7. The summed E-state index contributed by atoms with van der Waals surface area (Å²) in [6.07, 6.45) is -2.71. The quantitative estimate of drug-likeness (QED) is 0.336. The van der Waals surface area contributed by atoms with Crippen molar-refractivity contribution in [2.75, 3.05) is 17.7 Å². The largest absolute Gasteiger partial charge is 0.481 e. The molecule has 9 nitrogen and oxygen atoms in total. The molecule has 186 valence electrons. The standard InChI is InChI=1S/C24H14ClF3N6O3/c1-37-19-8-11(7-18-15(25)10-30-33(18)19)31-23(36)14-9-29-34(21(14)24(26,27)28)17-6-5-16-20-12(17)3-2-4-13(20)22(35)32-16/h2-10H,1H3,(H,31,36)(H,32,35). The molecule has 2 aromatic carbocycles. The Morgan fingerprint density at radius 1 is 1.14 bits per heavy atom. The first-order valence-electron chi connectivity index (χ1n) is 10.7. The summed E-state index contributed by atoms with van der Waals surface area (Å²) in [5.41, 5.74) is -0.525. The summed E-state index contributed by atoms with van der Waals surface area (Å²) in [4.78, 5) is 25.3. The van der Waals surface area contributed by atoms with Gasteiger partial charge >= 0.3 is 6.18 Å². The van der Waals surface area contributed by atoms with E-state index < -0.39 is 23.3 Å². The number of halogens is 4. The third kappa shape index (κ3) is 3.48. The number of hydrogen-bond acceptors (Lipinski definition) is 5. The number of amides is 2. The average molecular weight is 527 g/mol. The van der Waals surface area contributed by atoms with Gasteiger partial charge < -0.3 is 15.4 Å². The molecule has 0 unspecified atom stereocenters. The molecule has 0 atom stereocenters. The van der Waals surface area contributed by atoms with Crippen molar-refractivity contribution in [3.63, 3.8) is 0 Å². The predicted molar refractivity (Wildman–Crippen MR) is 129 cm³/mol. The molecule has 2 N–H and O–H groups in total. The summed E-state index contributed by atoms with van der Waals surface area (Å²) < 4.78 is 50.3. The van der Waals surface area contributed by atoms with E-state index in [1.807, 2.05) is 0 Å². The van der Waals surface area contributed by atoms with Crippen molar-refractivity contribution in [2.24, 2.45) is 0 Å². The number of nitrogens with zero attached hydrogens (tertiary/aromatic N) is 4. The Balaban J connectivity index is 1.46. The zero-order valence-electron chi connectivity index (χ0n) is 18.7. The van der Waals surface area contributed by atoms with Gasteiger partial charge in [-0.2, -0.15) is 27.9 Å². The predicted octanol–water partition coefficient (Wildman–Crippen LogP) is 5.17. The summed E-state index contributed by atoms with van der Waals surface area (Å²) in [7, 11) is 1.38. The molecule has 37 heavy (non-hydrogen) atoms. The van der Waals surface area contributed by atoms with E-state index in [0.717, 1.165) is 6.20 Å². The van der Waals surface area contributed by atoms with Crippen LogP contribution in [0.1, 0.15) is 26.4 Å². The van der Waals surface area contributed by atoms with Crippen LogP contribution in [-0.2, 0) is 6.18 Å². The molecule has 2 amide bonds. The van der Waals surface area contributed by atoms with Crippen molar-refractivity contribution in [1.29, 1.82) is 0 Å². The maximum atomic E-state index is 14.3. The van der Waals surface area contributed by atoms with Crippen LogP contribution in [0.4, 0.5) is 24.5 Å². The Bertz CT molecular complexity index is 1780. The molecular weight excluding hydrogens is 513 g/mol. The van der Waals surface area contributed by atoms with Gasteiger partial charge in [-0.15, -0.1) is 0 Å². The van der Waals surface area contributed by atoms with Crippen molar-refractivity contribution in [2.45, 2.75) is 6.18 Å². The van der Waals surface area contributed by atoms with Crippen LogP contribution in [0.25, 0.3) is 22.0 Å². The lowest BCUT2D eigenvalue weighted by Crippen LogP contribution is -2.21. The molecular formula is C24H14ClF3N6O3. The minimum Gasteiger partial charge on any atom is -0.481 e. The molecule has 1 aliphatic rings. The van der Waals surface area contributed by atoms with E-state index in [1.54, 1.807) is 18.2 Å². The zero-order chi connectivity index (χ0) is 26.1. The number of ether oxygens (including phenoxy) is 1. The van der Waals surface area contributed by atoms with Crippen LogP contribution in [-0.4, -0.2) is 38.3 Å². The Hall–Kier alpha value is -4.58. The lowest BCUT2D eigenvalue weighted by Gasteiger charge is -2.15. The number of pyridine rings is 1. The third-order valence-electron chi connectivity index (χ3n) is 6.03. The van der Waals surface area contributed by atoms with E-state index in [1.165, 1.54) is 42.1 Å². The van der Waals surface area contributed by atoms with E-state index in [2.05, 4.69) is 20.8 Å². The van der Waals surface area contributed by atoms with Gasteiger partial charge in [-0.1, -0.05) is 23.7 Å². The number of hydrogen-bond donors (Lipinski definition) is 2. The number of methoxy groups -OCH3 is 1. The number of benzene rings is 2. The highest BCUT2D eigenvalue weighted by Gasteiger charge is 2.41. The molecule has 3 aromatic heterocycles. The van der Waals surface area contributed by atoms with Gasteiger partial charge in [0.15, 0.2) is 5.69 Å². The van der Waals surface area contributed by atoms with Crippen LogP contribution in [0.3, 0.4) is 0 Å². The minimum atomic E-state index is -4.93. The van der Waals surface area contributed by atoms with Gasteiger partial charge in [0.2, 0.25) is 5.88 Å². The summed E-state index contributed by atoms with van der Waals surface area (Å²) in [5, 5.41) is 14.3. The molecule has 0 bridgehead atoms. The van der Waals surface area contributed by atoms with E-state index in [4.69, 9.17) is 16.3 Å². The highest BCUT2D eigenvalue weighted by Crippen LogP contribution is 2.39. The van der Waals surface area contributed by atoms with Gasteiger partial charge in [-0.3, -0.25) is 9.59 Å². The number of anilines is 2. The van der Waals surface area contributed by atoms with Crippen LogP contribution in [0.15, 0.2) is 54.9 Å². The molecule has 6 rings (SSSR count). The third-order valence-corrected chi connectivity index (χ3v) is 6.32. The van der Waals surface area contributed by atoms with Gasteiger partial charge in [0.05, 0.1) is 41.3 Å². The van der Waals surface area contributed by atoms with Crippen molar-refractivity contribution >= 4 is 51.1 Å².